The lowest BCUT2D eigenvalue weighted by atomic mass is 9.95. The predicted octanol–water partition coefficient (Wildman–Crippen LogP) is 9.36. The molecule has 113 heavy (non-hydrogen) atoms. The summed E-state index contributed by atoms with van der Waals surface area (Å²) < 4.78 is 61.6. The van der Waals surface area contributed by atoms with Crippen molar-refractivity contribution in [3.05, 3.63) is 145 Å². The Labute approximate surface area is 651 Å². The largest absolute Gasteiger partial charge is 0.351 e. The normalized spacial score (nSPS) is 20.6. The number of amides is 7. The van der Waals surface area contributed by atoms with Crippen LogP contribution >= 0.6 is 0 Å². The molecule has 5 aliphatic heterocycles. The maximum Gasteiger partial charge on any atom is 0.274 e. The first kappa shape index (κ1) is 78.5. The first-order valence-corrected chi connectivity index (χ1v) is 41.3. The molecule has 0 radical (unpaired) electrons. The molecule has 2 saturated carbocycles. The number of carbonyl (C=O) groups is 7. The number of halogens is 2. The molecule has 2 saturated heterocycles. The molecule has 14 heterocycles. The van der Waals surface area contributed by atoms with Crippen LogP contribution in [-0.4, -0.2) is 192 Å². The Morgan fingerprint density at radius 1 is 0.416 bits per heavy atom. The van der Waals surface area contributed by atoms with Crippen LogP contribution in [0.4, 0.5) is 25.8 Å². The number of sulfone groups is 1. The van der Waals surface area contributed by atoms with E-state index in [4.69, 9.17) is 0 Å². The highest BCUT2D eigenvalue weighted by molar-refractivity contribution is 7.91. The van der Waals surface area contributed by atoms with Gasteiger partial charge in [0.05, 0.1) is 76.1 Å². The number of piperidine rings is 2. The van der Waals surface area contributed by atoms with Gasteiger partial charge in [-0.2, -0.15) is 30.6 Å². The number of alkyl halides is 2. The van der Waals surface area contributed by atoms with Gasteiger partial charge in [0, 0.05) is 119 Å². The molecule has 9 aromatic rings. The van der Waals surface area contributed by atoms with E-state index in [0.717, 1.165) is 139 Å². The zero-order chi connectivity index (χ0) is 78.6. The summed E-state index contributed by atoms with van der Waals surface area (Å²) in [7, 11) is -3.09. The van der Waals surface area contributed by atoms with Crippen molar-refractivity contribution in [2.75, 3.05) is 68.0 Å². The summed E-state index contributed by atoms with van der Waals surface area (Å²) in [6, 6.07) is 15.7. The molecule has 32 nitrogen and oxygen atoms in total. The van der Waals surface area contributed by atoms with Gasteiger partial charge < -0.3 is 42.1 Å². The van der Waals surface area contributed by atoms with Gasteiger partial charge in [0.2, 0.25) is 5.91 Å². The quantitative estimate of drug-likeness (QED) is 0.0843. The Morgan fingerprint density at radius 3 is 1.11 bits per heavy atom. The minimum Gasteiger partial charge on any atom is -0.351 e. The van der Waals surface area contributed by atoms with E-state index in [1.807, 2.05) is 55.5 Å². The number of hydrogen-bond acceptors (Lipinski definition) is 19. The molecule has 4 fully saturated rings. The van der Waals surface area contributed by atoms with Gasteiger partial charge in [-0.25, -0.2) is 32.2 Å². The number of fused-ring (bicyclic) bond motifs is 18. The average Bonchev–Trinajstić information content (AvgIpc) is 1.61. The van der Waals surface area contributed by atoms with Crippen molar-refractivity contribution in [3.8, 4) is 33.8 Å². The standard InChI is InChI=1S/C28H32F2N8O3.C26H33N7O4S.C24H30N8O2/c29-28(30)14-20(28)27(41)36-12-8-19(9-13-36)38-17-23-24(35-38)26(40)31-10-3-1-2-4-11-37-16-18(15-32-37)21-6-5-7-22(33-21)25(39)34-23;1-38(36,37)20-11-9-19(10-12-20)33-17-23-24(31-33)26(35)27-13-4-2-3-5-14-32-16-18(15-28-32)21-7-6-8-22(29-21)25(34)30-23;33-23-20-7-5-6-19(28-20)17-14-27-31(15-17)13-4-2-1-3-10-26-24(34)22-21(29-23)16-32(30-22)18-8-11-25-12-9-18/h5-7,15-17,19-20H,1-4,8-14H2,(H,31,40)(H,34,39);6-8,15-17,19-20H,2-5,9-14H2,1H3,(H,27,35)(H,30,34);5-7,14-16,18,25H,1-4,8-13H2,(H,26,34)(H,29,33). The number of likely N-dealkylation sites (tertiary alicyclic amines) is 1. The van der Waals surface area contributed by atoms with Crippen molar-refractivity contribution in [2.45, 2.75) is 184 Å². The monoisotopic (exact) mass is 1570 g/mol. The minimum atomic E-state index is -3.09. The molecule has 35 heteroatoms. The second-order valence-electron chi connectivity index (χ2n) is 30.0. The molecule has 2 aliphatic carbocycles. The van der Waals surface area contributed by atoms with Crippen molar-refractivity contribution in [1.29, 1.82) is 0 Å². The lowest BCUT2D eigenvalue weighted by molar-refractivity contribution is -0.136. The van der Waals surface area contributed by atoms with Crippen LogP contribution in [0, 0.1) is 5.92 Å². The SMILES string of the molecule is CS(=O)(=O)C1CCC(n2cc3c(n2)C(=O)NCCCCCCn2cc(cn2)-c2cccc(n2)C(=O)N3)CC1.O=C1Nc2cn(C3CCN(C(=O)C4CC4(F)F)CC3)nc2C(=O)NCCCCCCn2cc(cn2)-c2cccc1n2.O=C1Nc2cn(C3CCNCC3)nc2C(=O)NCCCCCCn2cc(cn2)-c2cccc1n2. The summed E-state index contributed by atoms with van der Waals surface area (Å²) in [6.45, 7) is 6.40. The summed E-state index contributed by atoms with van der Waals surface area (Å²) >= 11 is 0. The third-order valence-corrected chi connectivity index (χ3v) is 23.4. The van der Waals surface area contributed by atoms with Gasteiger partial charge in [0.25, 0.3) is 41.4 Å². The number of anilines is 3. The fourth-order valence-electron chi connectivity index (χ4n) is 15.1. The van der Waals surface area contributed by atoms with E-state index in [1.54, 1.807) is 82.9 Å². The lowest BCUT2D eigenvalue weighted by Crippen LogP contribution is -2.40. The van der Waals surface area contributed by atoms with Crippen LogP contribution in [0.1, 0.15) is 216 Å². The van der Waals surface area contributed by atoms with Crippen LogP contribution in [0.5, 0.6) is 0 Å². The van der Waals surface area contributed by atoms with Gasteiger partial charge in [-0.05, 0) is 139 Å². The van der Waals surface area contributed by atoms with E-state index in [9.17, 15) is 50.8 Å². The number of pyridine rings is 3. The van der Waals surface area contributed by atoms with E-state index in [0.29, 0.717) is 99.7 Å². The maximum absolute atomic E-state index is 13.4. The van der Waals surface area contributed by atoms with Gasteiger partial charge >= 0.3 is 0 Å². The summed E-state index contributed by atoms with van der Waals surface area (Å²) in [5.74, 6) is -6.93. The molecule has 7 N–H and O–H groups in total. The zero-order valence-electron chi connectivity index (χ0n) is 63.2. The molecular weight excluding hydrogens is 1470 g/mol. The number of carbonyl (C=O) groups excluding carboxylic acids is 7. The highest BCUT2D eigenvalue weighted by Gasteiger charge is 2.62. The number of nitrogens with zero attached hydrogens (tertiary/aromatic N) is 16. The van der Waals surface area contributed by atoms with Crippen LogP contribution in [-0.2, 0) is 34.3 Å². The van der Waals surface area contributed by atoms with Crippen LogP contribution in [0.3, 0.4) is 0 Å². The third-order valence-electron chi connectivity index (χ3n) is 21.7. The Morgan fingerprint density at radius 2 is 0.752 bits per heavy atom. The van der Waals surface area contributed by atoms with Crippen molar-refractivity contribution < 1.29 is 50.8 Å². The van der Waals surface area contributed by atoms with Crippen LogP contribution in [0.2, 0.25) is 0 Å². The second kappa shape index (κ2) is 35.6. The highest BCUT2D eigenvalue weighted by Crippen LogP contribution is 2.50. The topological polar surface area (TPSA) is 387 Å². The molecule has 9 aromatic heterocycles. The Kier molecular flexibility index (Phi) is 24.7. The first-order chi connectivity index (χ1) is 54.7. The number of rotatable bonds is 5. The van der Waals surface area contributed by atoms with E-state index in [2.05, 4.69) is 82.8 Å². The first-order valence-electron chi connectivity index (χ1n) is 39.4. The van der Waals surface area contributed by atoms with Gasteiger partial charge in [-0.3, -0.25) is 61.7 Å². The minimum absolute atomic E-state index is 0.0511. The van der Waals surface area contributed by atoms with Crippen molar-refractivity contribution in [2.24, 2.45) is 5.92 Å². The fraction of sp³-hybridized carbons (Fsp3) is 0.487. The molecule has 596 valence electrons. The zero-order valence-corrected chi connectivity index (χ0v) is 64.0. The van der Waals surface area contributed by atoms with Crippen molar-refractivity contribution >= 4 is 68.2 Å². The van der Waals surface area contributed by atoms with Crippen molar-refractivity contribution in [3.63, 3.8) is 0 Å². The van der Waals surface area contributed by atoms with Crippen LogP contribution < -0.4 is 37.2 Å². The Hall–Kier alpha value is -11.2. The van der Waals surface area contributed by atoms with E-state index in [1.165, 1.54) is 11.2 Å². The van der Waals surface area contributed by atoms with E-state index in [-0.39, 0.29) is 87.4 Å². The van der Waals surface area contributed by atoms with E-state index >= 15 is 0 Å². The number of aryl methyl sites for hydroxylation is 3. The number of hydrogen-bond donors (Lipinski definition) is 7. The molecule has 0 spiro atoms. The lowest BCUT2D eigenvalue weighted by Gasteiger charge is -2.32. The van der Waals surface area contributed by atoms with E-state index < -0.39 is 45.3 Å². The van der Waals surface area contributed by atoms with Gasteiger partial charge in [0.15, 0.2) is 17.1 Å². The summed E-state index contributed by atoms with van der Waals surface area (Å²) in [6.07, 6.45) is 33.7. The molecule has 1 unspecified atom stereocenters. The Bertz CT molecular complexity index is 5020. The molecular formula is C78H95F2N23O9S. The molecule has 7 amide bonds. The summed E-state index contributed by atoms with van der Waals surface area (Å²) in [4.78, 5) is 106. The third kappa shape index (κ3) is 19.8. The van der Waals surface area contributed by atoms with Gasteiger partial charge in [-0.1, -0.05) is 56.7 Å². The molecule has 1 atom stereocenters. The average molecular weight is 1570 g/mol. The van der Waals surface area contributed by atoms with Crippen LogP contribution in [0.25, 0.3) is 33.8 Å². The van der Waals surface area contributed by atoms with Gasteiger partial charge in [-0.15, -0.1) is 0 Å². The Balaban J connectivity index is 0.000000141. The second-order valence-corrected chi connectivity index (χ2v) is 32.3. The summed E-state index contributed by atoms with van der Waals surface area (Å²) in [5.41, 5.74) is 6.55. The predicted molar refractivity (Wildman–Crippen MR) is 415 cm³/mol. The smallest absolute Gasteiger partial charge is 0.274 e. The van der Waals surface area contributed by atoms with Crippen molar-refractivity contribution in [1.82, 2.24) is 99.8 Å². The molecule has 7 aliphatic rings. The molecule has 0 aromatic carbocycles. The summed E-state index contributed by atoms with van der Waals surface area (Å²) in [5, 5.41) is 47.3. The maximum atomic E-state index is 13.4. The number of nitrogens with one attached hydrogen (secondary N) is 7. The highest BCUT2D eigenvalue weighted by atomic mass is 32.2. The molecule has 16 rings (SSSR count). The van der Waals surface area contributed by atoms with Gasteiger partial charge in [0.1, 0.15) is 32.8 Å². The van der Waals surface area contributed by atoms with Crippen LogP contribution in [0.15, 0.2) is 110 Å². The molecule has 12 bridgehead atoms. The fourth-order valence-corrected chi connectivity index (χ4v) is 16.2. The number of aromatic nitrogens is 15.